The largest absolute Gasteiger partial charge is 0.478 e. The van der Waals surface area contributed by atoms with Crippen molar-refractivity contribution in [1.29, 1.82) is 0 Å². The fourth-order valence-electron chi connectivity index (χ4n) is 3.82. The molecule has 1 aromatic heterocycles. The second kappa shape index (κ2) is 12.3. The number of nitrogens with zero attached hydrogens (tertiary/aromatic N) is 4. The number of benzene rings is 3. The third-order valence-corrected chi connectivity index (χ3v) is 6.21. The second-order valence-corrected chi connectivity index (χ2v) is 9.17. The lowest BCUT2D eigenvalue weighted by atomic mass is 10.0. The Hall–Kier alpha value is -4.28. The Morgan fingerprint density at radius 1 is 1.00 bits per heavy atom. The number of hydrogen-bond donors (Lipinski definition) is 3. The van der Waals surface area contributed by atoms with Crippen LogP contribution in [0.1, 0.15) is 27.9 Å². The highest BCUT2D eigenvalue weighted by molar-refractivity contribution is 6.33. The van der Waals surface area contributed by atoms with Crippen LogP contribution < -0.4 is 10.6 Å². The Morgan fingerprint density at radius 2 is 1.79 bits per heavy atom. The molecule has 0 unspecified atom stereocenters. The number of carboxylic acids is 1. The third-order valence-electron chi connectivity index (χ3n) is 5.66. The molecule has 0 saturated heterocycles. The number of carbonyl (C=O) groups is 3. The summed E-state index contributed by atoms with van der Waals surface area (Å²) in [5, 5.41) is 26.4. The number of rotatable bonds is 10. The van der Waals surface area contributed by atoms with Crippen molar-refractivity contribution >= 4 is 46.7 Å². The van der Waals surface area contributed by atoms with E-state index in [4.69, 9.17) is 23.2 Å². The number of aromatic nitrogens is 4. The normalized spacial score (nSPS) is 11.5. The minimum absolute atomic E-state index is 0.0150. The van der Waals surface area contributed by atoms with Gasteiger partial charge >= 0.3 is 5.97 Å². The number of carboxylic acid groups (broad SMARTS) is 1. The van der Waals surface area contributed by atoms with Crippen molar-refractivity contribution in [2.45, 2.75) is 25.3 Å². The summed E-state index contributed by atoms with van der Waals surface area (Å²) in [7, 11) is 0. The minimum Gasteiger partial charge on any atom is -0.478 e. The molecule has 194 valence electrons. The number of amides is 2. The highest BCUT2D eigenvalue weighted by Crippen LogP contribution is 2.22. The summed E-state index contributed by atoms with van der Waals surface area (Å²) in [4.78, 5) is 37.4. The van der Waals surface area contributed by atoms with Gasteiger partial charge in [0.25, 0.3) is 0 Å². The zero-order valence-corrected chi connectivity index (χ0v) is 21.4. The van der Waals surface area contributed by atoms with Crippen LogP contribution in [-0.4, -0.2) is 49.1 Å². The predicted octanol–water partition coefficient (Wildman–Crippen LogP) is 3.97. The van der Waals surface area contributed by atoms with Gasteiger partial charge < -0.3 is 15.7 Å². The van der Waals surface area contributed by atoms with Crippen molar-refractivity contribution in [3.8, 4) is 5.69 Å². The van der Waals surface area contributed by atoms with Gasteiger partial charge in [-0.25, -0.2) is 9.48 Å². The molecule has 0 aliphatic carbocycles. The topological polar surface area (TPSA) is 139 Å². The first-order chi connectivity index (χ1) is 18.3. The van der Waals surface area contributed by atoms with Gasteiger partial charge in [0.15, 0.2) is 0 Å². The molecular formula is C26H22Cl2N6O4. The van der Waals surface area contributed by atoms with Gasteiger partial charge in [0, 0.05) is 23.6 Å². The maximum atomic E-state index is 13.2. The van der Waals surface area contributed by atoms with Crippen molar-refractivity contribution in [3.05, 3.63) is 99.8 Å². The number of aromatic carboxylic acids is 1. The zero-order chi connectivity index (χ0) is 27.1. The molecule has 4 aromatic rings. The Balaban J connectivity index is 1.47. The number of carbonyl (C=O) groups excluding carboxylic acids is 2. The lowest BCUT2D eigenvalue weighted by Gasteiger charge is -2.19. The van der Waals surface area contributed by atoms with E-state index in [1.54, 1.807) is 18.2 Å². The van der Waals surface area contributed by atoms with Crippen molar-refractivity contribution in [2.75, 3.05) is 5.32 Å². The number of aryl methyl sites for hydroxylation is 1. The number of anilines is 1. The summed E-state index contributed by atoms with van der Waals surface area (Å²) in [6.45, 7) is 0. The van der Waals surface area contributed by atoms with E-state index < -0.39 is 17.9 Å². The van der Waals surface area contributed by atoms with E-state index >= 15 is 0 Å². The number of tetrazole rings is 1. The molecule has 12 heteroatoms. The van der Waals surface area contributed by atoms with Crippen LogP contribution in [0, 0.1) is 0 Å². The van der Waals surface area contributed by atoms with E-state index in [1.807, 2.05) is 30.3 Å². The molecule has 0 aliphatic heterocycles. The van der Waals surface area contributed by atoms with Crippen LogP contribution in [0.3, 0.4) is 0 Å². The van der Waals surface area contributed by atoms with E-state index in [0.717, 1.165) is 11.1 Å². The number of hydrogen-bond acceptors (Lipinski definition) is 6. The maximum absolute atomic E-state index is 13.2. The Kier molecular flexibility index (Phi) is 8.67. The average Bonchev–Trinajstić information content (AvgIpc) is 3.42. The first kappa shape index (κ1) is 26.8. The van der Waals surface area contributed by atoms with Crippen LogP contribution in [0.15, 0.2) is 73.1 Å². The van der Waals surface area contributed by atoms with Gasteiger partial charge in [-0.15, -0.1) is 5.10 Å². The van der Waals surface area contributed by atoms with Crippen LogP contribution in [0.2, 0.25) is 10.0 Å². The average molecular weight is 553 g/mol. The van der Waals surface area contributed by atoms with Gasteiger partial charge in [-0.1, -0.05) is 53.5 Å². The summed E-state index contributed by atoms with van der Waals surface area (Å²) in [6.07, 6.45) is 2.09. The van der Waals surface area contributed by atoms with Gasteiger partial charge in [-0.05, 0) is 64.4 Å². The summed E-state index contributed by atoms with van der Waals surface area (Å²) in [6, 6.07) is 17.7. The Morgan fingerprint density at radius 3 is 2.47 bits per heavy atom. The van der Waals surface area contributed by atoms with Crippen molar-refractivity contribution < 1.29 is 19.5 Å². The first-order valence-electron chi connectivity index (χ1n) is 11.5. The van der Waals surface area contributed by atoms with Gasteiger partial charge in [0.1, 0.15) is 12.4 Å². The fraction of sp³-hybridized carbons (Fsp3) is 0.154. The molecule has 1 heterocycles. The fourth-order valence-corrected chi connectivity index (χ4v) is 4.28. The molecular weight excluding hydrogens is 531 g/mol. The summed E-state index contributed by atoms with van der Waals surface area (Å²) < 4.78 is 1.48. The molecule has 38 heavy (non-hydrogen) atoms. The highest BCUT2D eigenvalue weighted by atomic mass is 35.5. The minimum atomic E-state index is -1.18. The van der Waals surface area contributed by atoms with Crippen LogP contribution in [-0.2, 0) is 22.4 Å². The molecule has 10 nitrogen and oxygen atoms in total. The highest BCUT2D eigenvalue weighted by Gasteiger charge is 2.22. The van der Waals surface area contributed by atoms with Gasteiger partial charge in [0.2, 0.25) is 11.8 Å². The molecule has 2 amide bonds. The quantitative estimate of drug-likeness (QED) is 0.270. The van der Waals surface area contributed by atoms with E-state index in [-0.39, 0.29) is 29.3 Å². The van der Waals surface area contributed by atoms with Gasteiger partial charge in [0.05, 0.1) is 16.3 Å². The van der Waals surface area contributed by atoms with Crippen molar-refractivity contribution in [3.63, 3.8) is 0 Å². The third kappa shape index (κ3) is 6.93. The molecule has 0 spiro atoms. The molecule has 0 saturated carbocycles. The summed E-state index contributed by atoms with van der Waals surface area (Å²) in [5.74, 6) is -1.99. The standard InChI is InChI=1S/C26H22Cl2N6O4/c27-18-7-10-23(34-15-29-32-33-34)17(13-18)6-11-24(35)31-22(12-16-4-2-1-3-5-16)25(36)30-19-8-9-20(26(37)38)21(28)14-19/h1-5,7-10,13-15,22H,6,11-12H2,(H,30,36)(H,31,35)(H,37,38)/t22-/m0/s1. The molecule has 0 fully saturated rings. The monoisotopic (exact) mass is 552 g/mol. The number of halogens is 2. The van der Waals surface area contributed by atoms with Crippen LogP contribution in [0.4, 0.5) is 5.69 Å². The van der Waals surface area contributed by atoms with Crippen LogP contribution in [0.5, 0.6) is 0 Å². The maximum Gasteiger partial charge on any atom is 0.337 e. The molecule has 1 atom stereocenters. The van der Waals surface area contributed by atoms with Crippen molar-refractivity contribution in [2.24, 2.45) is 0 Å². The van der Waals surface area contributed by atoms with E-state index in [1.165, 1.54) is 29.2 Å². The molecule has 0 radical (unpaired) electrons. The van der Waals surface area contributed by atoms with E-state index in [2.05, 4.69) is 26.2 Å². The molecule has 0 aliphatic rings. The molecule has 4 rings (SSSR count). The lowest BCUT2D eigenvalue weighted by molar-refractivity contribution is -0.126. The predicted molar refractivity (Wildman–Crippen MR) is 142 cm³/mol. The number of nitrogens with one attached hydrogen (secondary N) is 2. The molecule has 3 aromatic carbocycles. The zero-order valence-electron chi connectivity index (χ0n) is 19.8. The smallest absolute Gasteiger partial charge is 0.337 e. The summed E-state index contributed by atoms with van der Waals surface area (Å²) >= 11 is 12.2. The second-order valence-electron chi connectivity index (χ2n) is 8.33. The Labute approximate surface area is 227 Å². The van der Waals surface area contributed by atoms with Crippen LogP contribution in [0.25, 0.3) is 5.69 Å². The first-order valence-corrected chi connectivity index (χ1v) is 12.2. The molecule has 0 bridgehead atoms. The Bertz CT molecular complexity index is 1450. The lowest BCUT2D eigenvalue weighted by Crippen LogP contribution is -2.45. The van der Waals surface area contributed by atoms with Gasteiger partial charge in [-0.2, -0.15) is 0 Å². The SMILES string of the molecule is O=C(CCc1cc(Cl)ccc1-n1cnnn1)N[C@@H](Cc1ccccc1)C(=O)Nc1ccc(C(=O)O)c(Cl)c1. The van der Waals surface area contributed by atoms with Crippen molar-refractivity contribution in [1.82, 2.24) is 25.5 Å². The molecule has 3 N–H and O–H groups in total. The van der Waals surface area contributed by atoms with Crippen LogP contribution >= 0.6 is 23.2 Å². The van der Waals surface area contributed by atoms with Gasteiger partial charge in [-0.3, -0.25) is 9.59 Å². The van der Waals surface area contributed by atoms with E-state index in [9.17, 15) is 19.5 Å². The van der Waals surface area contributed by atoms with E-state index in [0.29, 0.717) is 22.8 Å². The summed E-state index contributed by atoms with van der Waals surface area (Å²) in [5.41, 5.74) is 2.52.